The molecule has 0 saturated carbocycles. The number of nitrogens with one attached hydrogen (secondary N) is 1. The molecule has 0 saturated heterocycles. The van der Waals surface area contributed by atoms with Gasteiger partial charge in [-0.1, -0.05) is 6.07 Å². The summed E-state index contributed by atoms with van der Waals surface area (Å²) in [7, 11) is 1.46. The smallest absolute Gasteiger partial charge is 0.242 e. The minimum atomic E-state index is -0.717. The highest BCUT2D eigenvalue weighted by Gasteiger charge is 2.12. The van der Waals surface area contributed by atoms with Gasteiger partial charge >= 0.3 is 0 Å². The van der Waals surface area contributed by atoms with E-state index in [4.69, 9.17) is 5.73 Å². The predicted molar refractivity (Wildman–Crippen MR) is 64.9 cm³/mol. The van der Waals surface area contributed by atoms with E-state index in [-0.39, 0.29) is 25.2 Å². The Morgan fingerprint density at radius 2 is 2.05 bits per heavy atom. The summed E-state index contributed by atoms with van der Waals surface area (Å²) >= 11 is 0. The Balaban J connectivity index is 2.56. The molecule has 0 bridgehead atoms. The van der Waals surface area contributed by atoms with E-state index < -0.39 is 23.4 Å². The van der Waals surface area contributed by atoms with Crippen LogP contribution in [0.5, 0.6) is 0 Å². The number of hydrogen-bond acceptors (Lipinski definition) is 3. The third kappa shape index (κ3) is 4.63. The van der Waals surface area contributed by atoms with E-state index in [2.05, 4.69) is 5.32 Å². The van der Waals surface area contributed by atoms with Gasteiger partial charge in [-0.2, -0.15) is 0 Å². The summed E-state index contributed by atoms with van der Waals surface area (Å²) in [5, 5.41) is 2.31. The number of rotatable bonds is 5. The van der Waals surface area contributed by atoms with Crippen LogP contribution in [0, 0.1) is 11.6 Å². The van der Waals surface area contributed by atoms with E-state index in [0.717, 1.165) is 12.1 Å². The van der Waals surface area contributed by atoms with Crippen molar-refractivity contribution in [2.24, 2.45) is 5.73 Å². The Morgan fingerprint density at radius 3 is 2.63 bits per heavy atom. The molecule has 0 spiro atoms. The molecule has 0 heterocycles. The number of nitrogens with zero attached hydrogens (tertiary/aromatic N) is 1. The number of carbonyl (C=O) groups excluding carboxylic acids is 2. The lowest BCUT2D eigenvalue weighted by Crippen LogP contribution is -2.40. The fraction of sp³-hybridized carbons (Fsp3) is 0.333. The number of likely N-dealkylation sites (N-methyl/N-ethyl adjacent to an activating group) is 1. The van der Waals surface area contributed by atoms with Crippen LogP contribution < -0.4 is 11.1 Å². The Hall–Kier alpha value is -2.02. The molecular weight excluding hydrogens is 256 g/mol. The van der Waals surface area contributed by atoms with Gasteiger partial charge in [0.2, 0.25) is 11.8 Å². The largest absolute Gasteiger partial charge is 0.346 e. The topological polar surface area (TPSA) is 75.4 Å². The van der Waals surface area contributed by atoms with Gasteiger partial charge in [-0.3, -0.25) is 9.59 Å². The highest BCUT2D eigenvalue weighted by atomic mass is 19.1. The summed E-state index contributed by atoms with van der Waals surface area (Å²) < 4.78 is 26.1. The first-order chi connectivity index (χ1) is 8.93. The maximum absolute atomic E-state index is 13.4. The molecule has 0 atom stereocenters. The average Bonchev–Trinajstić information content (AvgIpc) is 2.38. The Morgan fingerprint density at radius 1 is 1.37 bits per heavy atom. The van der Waals surface area contributed by atoms with Crippen molar-refractivity contribution in [2.45, 2.75) is 6.54 Å². The van der Waals surface area contributed by atoms with Gasteiger partial charge in [0.05, 0.1) is 13.1 Å². The van der Waals surface area contributed by atoms with E-state index in [9.17, 15) is 18.4 Å². The van der Waals surface area contributed by atoms with Crippen molar-refractivity contribution in [3.05, 3.63) is 35.4 Å². The summed E-state index contributed by atoms with van der Waals surface area (Å²) in [4.78, 5) is 23.7. The highest BCUT2D eigenvalue weighted by Crippen LogP contribution is 2.11. The second-order valence-electron chi connectivity index (χ2n) is 3.97. The fourth-order valence-corrected chi connectivity index (χ4v) is 1.37. The molecular formula is C12H15F2N3O2. The fourth-order valence-electron chi connectivity index (χ4n) is 1.37. The standard InChI is InChI=1S/C12H15F2N3O2/c1-17(12(19)6-16-11(18)5-15)7-8-2-3-9(13)4-10(8)14/h2-4H,5-7,15H2,1H3,(H,16,18). The van der Waals surface area contributed by atoms with Crippen molar-refractivity contribution in [1.82, 2.24) is 10.2 Å². The Kier molecular flexibility index (Phi) is 5.37. The van der Waals surface area contributed by atoms with Gasteiger partial charge < -0.3 is 16.0 Å². The molecule has 1 rings (SSSR count). The summed E-state index contributed by atoms with van der Waals surface area (Å²) in [5.41, 5.74) is 5.27. The first-order valence-electron chi connectivity index (χ1n) is 5.58. The normalized spacial score (nSPS) is 10.1. The summed E-state index contributed by atoms with van der Waals surface area (Å²) in [5.74, 6) is -2.24. The van der Waals surface area contributed by atoms with Crippen LogP contribution in [0.25, 0.3) is 0 Å². The van der Waals surface area contributed by atoms with Crippen LogP contribution in [0.15, 0.2) is 18.2 Å². The first kappa shape index (κ1) is 15.0. The number of nitrogens with two attached hydrogens (primary N) is 1. The van der Waals surface area contributed by atoms with Gasteiger partial charge in [0.15, 0.2) is 0 Å². The third-order valence-corrected chi connectivity index (χ3v) is 2.47. The molecule has 3 N–H and O–H groups in total. The second-order valence-corrected chi connectivity index (χ2v) is 3.97. The predicted octanol–water partition coefficient (Wildman–Crippen LogP) is -0.00190. The molecule has 19 heavy (non-hydrogen) atoms. The Bertz CT molecular complexity index is 480. The summed E-state index contributed by atoms with van der Waals surface area (Å²) in [6.07, 6.45) is 0. The van der Waals surface area contributed by atoms with E-state index in [1.54, 1.807) is 0 Å². The maximum atomic E-state index is 13.4. The Labute approximate surface area is 109 Å². The number of benzene rings is 1. The molecule has 1 aromatic carbocycles. The van der Waals surface area contributed by atoms with Crippen molar-refractivity contribution in [3.8, 4) is 0 Å². The van der Waals surface area contributed by atoms with Crippen molar-refractivity contribution >= 4 is 11.8 Å². The molecule has 7 heteroatoms. The summed E-state index contributed by atoms with van der Waals surface area (Å²) in [6, 6.07) is 3.14. The summed E-state index contributed by atoms with van der Waals surface area (Å²) in [6.45, 7) is -0.428. The number of amides is 2. The number of carbonyl (C=O) groups is 2. The van der Waals surface area contributed by atoms with Gasteiger partial charge in [0.1, 0.15) is 11.6 Å². The number of hydrogen-bond donors (Lipinski definition) is 2. The van der Waals surface area contributed by atoms with Crippen molar-refractivity contribution < 1.29 is 18.4 Å². The van der Waals surface area contributed by atoms with Crippen LogP contribution >= 0.6 is 0 Å². The minimum Gasteiger partial charge on any atom is -0.346 e. The molecule has 0 radical (unpaired) electrons. The lowest BCUT2D eigenvalue weighted by atomic mass is 10.2. The average molecular weight is 271 g/mol. The quantitative estimate of drug-likeness (QED) is 0.791. The van der Waals surface area contributed by atoms with Gasteiger partial charge in [0.25, 0.3) is 0 Å². The van der Waals surface area contributed by atoms with E-state index in [1.165, 1.54) is 18.0 Å². The first-order valence-corrected chi connectivity index (χ1v) is 5.58. The SMILES string of the molecule is CN(Cc1ccc(F)cc1F)C(=O)CNC(=O)CN. The van der Waals surface area contributed by atoms with Gasteiger partial charge in [-0.05, 0) is 6.07 Å². The zero-order chi connectivity index (χ0) is 14.4. The molecule has 0 aliphatic heterocycles. The molecule has 0 aliphatic rings. The van der Waals surface area contributed by atoms with Crippen LogP contribution in [-0.2, 0) is 16.1 Å². The minimum absolute atomic E-state index is 0.0105. The molecule has 0 aromatic heterocycles. The molecule has 1 aromatic rings. The maximum Gasteiger partial charge on any atom is 0.242 e. The second kappa shape index (κ2) is 6.79. The van der Waals surface area contributed by atoms with Crippen molar-refractivity contribution in [1.29, 1.82) is 0 Å². The van der Waals surface area contributed by atoms with Crippen molar-refractivity contribution in [3.63, 3.8) is 0 Å². The number of halogens is 2. The monoisotopic (exact) mass is 271 g/mol. The van der Waals surface area contributed by atoms with Crippen LogP contribution in [0.2, 0.25) is 0 Å². The molecule has 5 nitrogen and oxygen atoms in total. The third-order valence-electron chi connectivity index (χ3n) is 2.47. The zero-order valence-corrected chi connectivity index (χ0v) is 10.5. The van der Waals surface area contributed by atoms with E-state index in [0.29, 0.717) is 0 Å². The molecule has 0 unspecified atom stereocenters. The lowest BCUT2D eigenvalue weighted by Gasteiger charge is -2.17. The van der Waals surface area contributed by atoms with E-state index >= 15 is 0 Å². The highest BCUT2D eigenvalue weighted by molar-refractivity contribution is 5.85. The van der Waals surface area contributed by atoms with Gasteiger partial charge in [-0.15, -0.1) is 0 Å². The van der Waals surface area contributed by atoms with Crippen molar-refractivity contribution in [2.75, 3.05) is 20.1 Å². The van der Waals surface area contributed by atoms with Crippen LogP contribution in [0.4, 0.5) is 8.78 Å². The van der Waals surface area contributed by atoms with Crippen LogP contribution in [0.1, 0.15) is 5.56 Å². The van der Waals surface area contributed by atoms with Gasteiger partial charge in [0, 0.05) is 25.2 Å². The molecule has 0 aliphatic carbocycles. The zero-order valence-electron chi connectivity index (χ0n) is 10.5. The molecule has 2 amide bonds. The van der Waals surface area contributed by atoms with E-state index in [1.807, 2.05) is 0 Å². The molecule has 104 valence electrons. The van der Waals surface area contributed by atoms with Gasteiger partial charge in [-0.25, -0.2) is 8.78 Å². The lowest BCUT2D eigenvalue weighted by molar-refractivity contribution is -0.131. The van der Waals surface area contributed by atoms with Crippen LogP contribution in [-0.4, -0.2) is 36.9 Å². The van der Waals surface area contributed by atoms with Crippen LogP contribution in [0.3, 0.4) is 0 Å². The molecule has 0 fully saturated rings.